The van der Waals surface area contributed by atoms with Crippen molar-refractivity contribution in [1.82, 2.24) is 15.5 Å². The number of phenols is 1. The topological polar surface area (TPSA) is 108 Å². The maximum Gasteiger partial charge on any atom is 0.408 e. The number of nitrogens with one attached hydrogen (secondary N) is 2. The lowest BCUT2D eigenvalue weighted by atomic mass is 9.95. The Morgan fingerprint density at radius 2 is 1.60 bits per heavy atom. The molecule has 198 valence electrons. The van der Waals surface area contributed by atoms with Gasteiger partial charge in [-0.15, -0.1) is 0 Å². The van der Waals surface area contributed by atoms with Crippen molar-refractivity contribution in [2.45, 2.75) is 105 Å². The number of nitrogens with zero attached hydrogens (tertiary/aromatic N) is 1. The van der Waals surface area contributed by atoms with Crippen LogP contribution in [0.25, 0.3) is 0 Å². The molecule has 0 aliphatic rings. The Labute approximate surface area is 210 Å². The zero-order valence-corrected chi connectivity index (χ0v) is 22.7. The minimum absolute atomic E-state index is 0.0738. The first-order chi connectivity index (χ1) is 16.3. The molecule has 8 heteroatoms. The number of hydrogen-bond acceptors (Lipinski definition) is 5. The van der Waals surface area contributed by atoms with Crippen molar-refractivity contribution in [2.24, 2.45) is 5.92 Å². The molecule has 35 heavy (non-hydrogen) atoms. The summed E-state index contributed by atoms with van der Waals surface area (Å²) < 4.78 is 5.42. The lowest BCUT2D eigenvalue weighted by Crippen LogP contribution is -2.55. The number of aromatic hydroxyl groups is 1. The maximum atomic E-state index is 14.0. The Kier molecular flexibility index (Phi) is 12.1. The summed E-state index contributed by atoms with van der Waals surface area (Å²) in [6, 6.07) is 4.42. The summed E-state index contributed by atoms with van der Waals surface area (Å²) in [6.07, 6.45) is 2.54. The highest BCUT2D eigenvalue weighted by molar-refractivity contribution is 5.92. The molecule has 3 atom stereocenters. The van der Waals surface area contributed by atoms with Gasteiger partial charge in [-0.3, -0.25) is 9.59 Å². The van der Waals surface area contributed by atoms with Crippen LogP contribution in [0.1, 0.15) is 92.7 Å². The van der Waals surface area contributed by atoms with Crippen LogP contribution in [0, 0.1) is 5.92 Å². The molecule has 3 N–H and O–H groups in total. The Morgan fingerprint density at radius 1 is 1.00 bits per heavy atom. The van der Waals surface area contributed by atoms with E-state index in [4.69, 9.17) is 4.74 Å². The van der Waals surface area contributed by atoms with E-state index < -0.39 is 23.8 Å². The summed E-state index contributed by atoms with van der Waals surface area (Å²) >= 11 is 0. The summed E-state index contributed by atoms with van der Waals surface area (Å²) in [5.41, 5.74) is -0.120. The predicted molar refractivity (Wildman–Crippen MR) is 138 cm³/mol. The van der Waals surface area contributed by atoms with Gasteiger partial charge >= 0.3 is 6.09 Å². The number of carbonyl (C=O) groups is 3. The first-order valence-corrected chi connectivity index (χ1v) is 12.7. The third-order valence-corrected chi connectivity index (χ3v) is 5.64. The highest BCUT2D eigenvalue weighted by Crippen LogP contribution is 2.27. The molecule has 0 heterocycles. The van der Waals surface area contributed by atoms with Crippen LogP contribution in [-0.4, -0.2) is 52.1 Å². The van der Waals surface area contributed by atoms with Gasteiger partial charge in [0, 0.05) is 12.6 Å². The van der Waals surface area contributed by atoms with Crippen molar-refractivity contribution >= 4 is 17.9 Å². The minimum atomic E-state index is -0.908. The average molecular weight is 492 g/mol. The summed E-state index contributed by atoms with van der Waals surface area (Å²) in [4.78, 5) is 41.6. The van der Waals surface area contributed by atoms with Crippen molar-refractivity contribution in [3.63, 3.8) is 0 Å². The van der Waals surface area contributed by atoms with Crippen LogP contribution < -0.4 is 10.6 Å². The van der Waals surface area contributed by atoms with E-state index in [0.29, 0.717) is 24.9 Å². The van der Waals surface area contributed by atoms with Crippen LogP contribution in [-0.2, 0) is 14.3 Å². The smallest absolute Gasteiger partial charge is 0.408 e. The second-order valence-corrected chi connectivity index (χ2v) is 10.4. The lowest BCUT2D eigenvalue weighted by Gasteiger charge is -2.36. The van der Waals surface area contributed by atoms with Gasteiger partial charge in [-0.1, -0.05) is 52.2 Å². The summed E-state index contributed by atoms with van der Waals surface area (Å²) in [5, 5.41) is 15.5. The molecular formula is C27H45N3O5. The third-order valence-electron chi connectivity index (χ3n) is 5.64. The molecule has 1 rings (SSSR count). The molecule has 0 bridgehead atoms. The number of carbonyl (C=O) groups excluding carboxylic acids is 3. The average Bonchev–Trinajstić information content (AvgIpc) is 2.75. The van der Waals surface area contributed by atoms with E-state index in [1.807, 2.05) is 27.7 Å². The molecule has 0 fully saturated rings. The minimum Gasteiger partial charge on any atom is -0.508 e. The number of ether oxygens (including phenoxy) is 1. The number of alkyl carbamates (subject to hydrolysis) is 1. The van der Waals surface area contributed by atoms with Gasteiger partial charge in [-0.05, 0) is 64.7 Å². The van der Waals surface area contributed by atoms with Crippen molar-refractivity contribution in [2.75, 3.05) is 6.54 Å². The van der Waals surface area contributed by atoms with Crippen LogP contribution in [0.4, 0.5) is 4.79 Å². The monoisotopic (exact) mass is 491 g/mol. The largest absolute Gasteiger partial charge is 0.508 e. The van der Waals surface area contributed by atoms with Crippen LogP contribution >= 0.6 is 0 Å². The first kappa shape index (κ1) is 30.3. The number of rotatable bonds is 12. The van der Waals surface area contributed by atoms with E-state index in [9.17, 15) is 19.5 Å². The van der Waals surface area contributed by atoms with E-state index in [2.05, 4.69) is 17.6 Å². The number of amides is 3. The summed E-state index contributed by atoms with van der Waals surface area (Å²) in [7, 11) is 0. The molecule has 1 aromatic carbocycles. The normalized spacial score (nSPS) is 14.1. The molecule has 1 aromatic rings. The van der Waals surface area contributed by atoms with Crippen LogP contribution in [0.2, 0.25) is 0 Å². The fraction of sp³-hybridized carbons (Fsp3) is 0.667. The van der Waals surface area contributed by atoms with Crippen LogP contribution in [0.3, 0.4) is 0 Å². The van der Waals surface area contributed by atoms with Gasteiger partial charge in [0.2, 0.25) is 11.8 Å². The second-order valence-electron chi connectivity index (χ2n) is 10.4. The van der Waals surface area contributed by atoms with Gasteiger partial charge < -0.3 is 25.4 Å². The van der Waals surface area contributed by atoms with Crippen molar-refractivity contribution in [1.29, 1.82) is 0 Å². The van der Waals surface area contributed by atoms with E-state index in [1.54, 1.807) is 37.8 Å². The quantitative estimate of drug-likeness (QED) is 0.360. The van der Waals surface area contributed by atoms with Gasteiger partial charge in [-0.25, -0.2) is 4.79 Å². The van der Waals surface area contributed by atoms with E-state index in [0.717, 1.165) is 12.8 Å². The van der Waals surface area contributed by atoms with Crippen molar-refractivity contribution in [3.05, 3.63) is 29.8 Å². The van der Waals surface area contributed by atoms with Crippen LogP contribution in [0.5, 0.6) is 5.75 Å². The maximum absolute atomic E-state index is 14.0. The number of benzene rings is 1. The SMILES string of the molecule is CCCCCN(C(=O)C(NC(=O)OC(C)(C)C)C(C)CC)C(C(=O)NC(C)C)c1ccc(O)cc1. The molecule has 0 saturated carbocycles. The molecular weight excluding hydrogens is 446 g/mol. The van der Waals surface area contributed by atoms with Gasteiger partial charge in [0.1, 0.15) is 23.4 Å². The Balaban J connectivity index is 3.47. The van der Waals surface area contributed by atoms with Gasteiger partial charge in [0.15, 0.2) is 0 Å². The number of hydrogen-bond donors (Lipinski definition) is 3. The van der Waals surface area contributed by atoms with Crippen LogP contribution in [0.15, 0.2) is 24.3 Å². The van der Waals surface area contributed by atoms with E-state index in [1.165, 1.54) is 12.1 Å². The summed E-state index contributed by atoms with van der Waals surface area (Å²) in [6.45, 7) is 15.3. The fourth-order valence-electron chi connectivity index (χ4n) is 3.69. The molecule has 0 saturated heterocycles. The third kappa shape index (κ3) is 10.2. The number of unbranched alkanes of at least 4 members (excludes halogenated alkanes) is 2. The molecule has 0 aliphatic heterocycles. The molecule has 3 unspecified atom stereocenters. The standard InChI is InChI=1S/C27H45N3O5/c1-9-11-12-17-30(23(24(32)28-18(3)4)20-13-15-21(31)16-14-20)25(33)22(19(5)10-2)29-26(34)35-27(6,7)8/h13-16,18-19,22-23,31H,9-12,17H2,1-8H3,(H,28,32)(H,29,34). The zero-order valence-electron chi connectivity index (χ0n) is 22.7. The van der Waals surface area contributed by atoms with Gasteiger partial charge in [0.25, 0.3) is 0 Å². The van der Waals surface area contributed by atoms with Gasteiger partial charge in [-0.2, -0.15) is 0 Å². The summed E-state index contributed by atoms with van der Waals surface area (Å²) in [5.74, 6) is -0.754. The molecule has 3 amide bonds. The Hall–Kier alpha value is -2.77. The highest BCUT2D eigenvalue weighted by Gasteiger charge is 2.38. The molecule has 0 radical (unpaired) electrons. The molecule has 0 aliphatic carbocycles. The Bertz CT molecular complexity index is 817. The molecule has 0 aromatic heterocycles. The lowest BCUT2D eigenvalue weighted by molar-refractivity contribution is -0.143. The van der Waals surface area contributed by atoms with E-state index >= 15 is 0 Å². The number of phenolic OH excluding ortho intramolecular Hbond substituents is 1. The second kappa shape index (κ2) is 14.0. The van der Waals surface area contributed by atoms with E-state index in [-0.39, 0.29) is 29.5 Å². The first-order valence-electron chi connectivity index (χ1n) is 12.7. The zero-order chi connectivity index (χ0) is 26.8. The predicted octanol–water partition coefficient (Wildman–Crippen LogP) is 4.92. The molecule has 8 nitrogen and oxygen atoms in total. The van der Waals surface area contributed by atoms with Gasteiger partial charge in [0.05, 0.1) is 0 Å². The van der Waals surface area contributed by atoms with Crippen molar-refractivity contribution in [3.8, 4) is 5.75 Å². The van der Waals surface area contributed by atoms with Crippen molar-refractivity contribution < 1.29 is 24.2 Å². The highest BCUT2D eigenvalue weighted by atomic mass is 16.6. The Morgan fingerprint density at radius 3 is 2.09 bits per heavy atom. The fourth-order valence-corrected chi connectivity index (χ4v) is 3.69. The molecule has 0 spiro atoms.